The van der Waals surface area contributed by atoms with Gasteiger partial charge in [0.05, 0.1) is 11.8 Å². The summed E-state index contributed by atoms with van der Waals surface area (Å²) in [6.45, 7) is 4.07. The summed E-state index contributed by atoms with van der Waals surface area (Å²) in [6.07, 6.45) is 3.06. The van der Waals surface area contributed by atoms with Crippen LogP contribution in [0, 0.1) is 11.6 Å². The van der Waals surface area contributed by atoms with Gasteiger partial charge in [0.15, 0.2) is 5.11 Å². The zero-order chi connectivity index (χ0) is 15.9. The molecular weight excluding hydrogens is 308 g/mol. The predicted octanol–water partition coefficient (Wildman–Crippen LogP) is 3.21. The first-order chi connectivity index (χ1) is 10.6. The topological polar surface area (TPSA) is 49.6 Å². The maximum absolute atomic E-state index is 13.6. The Morgan fingerprint density at radius 2 is 2.14 bits per heavy atom. The van der Waals surface area contributed by atoms with Gasteiger partial charge >= 0.3 is 0 Å². The van der Waals surface area contributed by atoms with Gasteiger partial charge in [-0.2, -0.15) is 5.10 Å². The van der Waals surface area contributed by atoms with Crippen LogP contribution in [0.25, 0.3) is 11.3 Å². The molecule has 4 nitrogen and oxygen atoms in total. The van der Waals surface area contributed by atoms with Gasteiger partial charge in [-0.25, -0.2) is 8.78 Å². The number of halogens is 2. The highest BCUT2D eigenvalue weighted by molar-refractivity contribution is 7.80. The molecule has 0 atom stereocenters. The lowest BCUT2D eigenvalue weighted by Gasteiger charge is -2.02. The fraction of sp³-hybridized carbons (Fsp3) is 0.0667. The smallest absolute Gasteiger partial charge is 0.187 e. The Balaban J connectivity index is 2.02. The molecule has 2 aromatic rings. The minimum atomic E-state index is -0.689. The lowest BCUT2D eigenvalue weighted by Crippen LogP contribution is -2.31. The molecule has 1 aromatic heterocycles. The van der Waals surface area contributed by atoms with Crippen molar-refractivity contribution in [3.8, 4) is 11.3 Å². The zero-order valence-electron chi connectivity index (χ0n) is 11.5. The molecule has 0 amide bonds. The number of furan rings is 1. The number of benzene rings is 1. The summed E-state index contributed by atoms with van der Waals surface area (Å²) >= 11 is 4.95. The van der Waals surface area contributed by atoms with Crippen LogP contribution < -0.4 is 10.7 Å². The first kappa shape index (κ1) is 15.8. The molecule has 0 spiro atoms. The Bertz CT molecular complexity index is 713. The number of hydrogen-bond acceptors (Lipinski definition) is 3. The first-order valence-electron chi connectivity index (χ1n) is 6.33. The van der Waals surface area contributed by atoms with Crippen LogP contribution in [0.1, 0.15) is 5.76 Å². The molecular formula is C15H13F2N3OS. The van der Waals surface area contributed by atoms with Crippen LogP contribution in [-0.4, -0.2) is 17.9 Å². The largest absolute Gasteiger partial charge is 0.455 e. The molecule has 0 bridgehead atoms. The van der Waals surface area contributed by atoms with Crippen LogP contribution in [0.3, 0.4) is 0 Å². The zero-order valence-corrected chi connectivity index (χ0v) is 12.3. The molecule has 0 aliphatic rings. The van der Waals surface area contributed by atoms with E-state index in [-0.39, 0.29) is 11.3 Å². The third kappa shape index (κ3) is 4.23. The molecule has 0 saturated carbocycles. The van der Waals surface area contributed by atoms with Crippen LogP contribution in [0.4, 0.5) is 8.78 Å². The van der Waals surface area contributed by atoms with Crippen LogP contribution in [0.15, 0.2) is 52.5 Å². The molecule has 0 fully saturated rings. The molecule has 0 aliphatic heterocycles. The second-order valence-electron chi connectivity index (χ2n) is 4.19. The molecule has 0 aliphatic carbocycles. The lowest BCUT2D eigenvalue weighted by atomic mass is 10.1. The average molecular weight is 321 g/mol. The Kier molecular flexibility index (Phi) is 5.37. The van der Waals surface area contributed by atoms with E-state index < -0.39 is 11.6 Å². The molecule has 0 radical (unpaired) electrons. The third-order valence-electron chi connectivity index (χ3n) is 2.59. The monoisotopic (exact) mass is 321 g/mol. The van der Waals surface area contributed by atoms with Gasteiger partial charge in [0.1, 0.15) is 23.2 Å². The van der Waals surface area contributed by atoms with Gasteiger partial charge in [-0.05, 0) is 36.5 Å². The second-order valence-corrected chi connectivity index (χ2v) is 4.60. The van der Waals surface area contributed by atoms with Crippen molar-refractivity contribution in [1.29, 1.82) is 0 Å². The fourth-order valence-corrected chi connectivity index (χ4v) is 1.75. The number of rotatable bonds is 5. The summed E-state index contributed by atoms with van der Waals surface area (Å²) < 4.78 is 31.9. The van der Waals surface area contributed by atoms with E-state index in [1.807, 2.05) is 0 Å². The summed E-state index contributed by atoms with van der Waals surface area (Å²) in [4.78, 5) is 0. The van der Waals surface area contributed by atoms with Crippen molar-refractivity contribution < 1.29 is 13.2 Å². The Morgan fingerprint density at radius 3 is 2.86 bits per heavy atom. The van der Waals surface area contributed by atoms with Crippen molar-refractivity contribution in [2.75, 3.05) is 6.54 Å². The lowest BCUT2D eigenvalue weighted by molar-refractivity contribution is 0.556. The highest BCUT2D eigenvalue weighted by Gasteiger charge is 2.10. The molecule has 1 aromatic carbocycles. The summed E-state index contributed by atoms with van der Waals surface area (Å²) in [6, 6.07) is 6.48. The molecule has 7 heteroatoms. The number of nitrogens with one attached hydrogen (secondary N) is 2. The maximum Gasteiger partial charge on any atom is 0.187 e. The Morgan fingerprint density at radius 1 is 1.32 bits per heavy atom. The standard InChI is InChI=1S/C15H13F2N3OS/c1-2-7-18-15(22)20-19-9-11-4-6-14(21-11)12-5-3-10(16)8-13(12)17/h2-6,8-9H,1,7H2,(H2,18,20,22)/b19-9-. The van der Waals surface area contributed by atoms with E-state index in [2.05, 4.69) is 22.4 Å². The van der Waals surface area contributed by atoms with Gasteiger partial charge < -0.3 is 9.73 Å². The van der Waals surface area contributed by atoms with E-state index >= 15 is 0 Å². The minimum absolute atomic E-state index is 0.178. The normalized spacial score (nSPS) is 10.6. The predicted molar refractivity (Wildman–Crippen MR) is 85.6 cm³/mol. The van der Waals surface area contributed by atoms with Gasteiger partial charge in [-0.1, -0.05) is 6.08 Å². The van der Waals surface area contributed by atoms with Crippen molar-refractivity contribution in [3.63, 3.8) is 0 Å². The van der Waals surface area contributed by atoms with Gasteiger partial charge in [-0.3, -0.25) is 5.43 Å². The van der Waals surface area contributed by atoms with Crippen molar-refractivity contribution >= 4 is 23.5 Å². The average Bonchev–Trinajstić information content (AvgIpc) is 2.93. The van der Waals surface area contributed by atoms with Gasteiger partial charge in [0, 0.05) is 12.6 Å². The molecule has 0 unspecified atom stereocenters. The summed E-state index contributed by atoms with van der Waals surface area (Å²) in [5.74, 6) is -0.644. The fourth-order valence-electron chi connectivity index (χ4n) is 1.62. The number of nitrogens with zero attached hydrogens (tertiary/aromatic N) is 1. The van der Waals surface area contributed by atoms with E-state index in [0.29, 0.717) is 17.4 Å². The van der Waals surface area contributed by atoms with Crippen LogP contribution >= 0.6 is 12.2 Å². The van der Waals surface area contributed by atoms with Crippen molar-refractivity contribution in [2.24, 2.45) is 5.10 Å². The van der Waals surface area contributed by atoms with Crippen molar-refractivity contribution in [3.05, 3.63) is 60.4 Å². The minimum Gasteiger partial charge on any atom is -0.455 e. The SMILES string of the molecule is C=CCNC(=S)N/N=C\c1ccc(-c2ccc(F)cc2F)o1. The highest BCUT2D eigenvalue weighted by Crippen LogP contribution is 2.25. The molecule has 1 heterocycles. The molecule has 22 heavy (non-hydrogen) atoms. The Labute approximate surface area is 131 Å². The van der Waals surface area contributed by atoms with E-state index in [1.165, 1.54) is 18.3 Å². The van der Waals surface area contributed by atoms with E-state index in [4.69, 9.17) is 16.6 Å². The van der Waals surface area contributed by atoms with Crippen LogP contribution in [-0.2, 0) is 0 Å². The first-order valence-corrected chi connectivity index (χ1v) is 6.74. The van der Waals surface area contributed by atoms with Crippen LogP contribution in [0.2, 0.25) is 0 Å². The molecule has 2 N–H and O–H groups in total. The quantitative estimate of drug-likeness (QED) is 0.384. The number of hydrogen-bond donors (Lipinski definition) is 2. The van der Waals surface area contributed by atoms with Gasteiger partial charge in [-0.15, -0.1) is 6.58 Å². The van der Waals surface area contributed by atoms with E-state index in [0.717, 1.165) is 6.07 Å². The van der Waals surface area contributed by atoms with E-state index in [1.54, 1.807) is 18.2 Å². The summed E-state index contributed by atoms with van der Waals surface area (Å²) in [5.41, 5.74) is 2.77. The third-order valence-corrected chi connectivity index (χ3v) is 2.82. The molecule has 0 saturated heterocycles. The van der Waals surface area contributed by atoms with Gasteiger partial charge in [0.2, 0.25) is 0 Å². The van der Waals surface area contributed by atoms with Crippen LogP contribution in [0.5, 0.6) is 0 Å². The summed E-state index contributed by atoms with van der Waals surface area (Å²) in [7, 11) is 0. The van der Waals surface area contributed by atoms with E-state index in [9.17, 15) is 8.78 Å². The maximum atomic E-state index is 13.6. The second kappa shape index (κ2) is 7.46. The molecule has 114 valence electrons. The molecule has 2 rings (SSSR count). The highest BCUT2D eigenvalue weighted by atomic mass is 32.1. The van der Waals surface area contributed by atoms with Crippen molar-refractivity contribution in [2.45, 2.75) is 0 Å². The number of hydrazone groups is 1. The van der Waals surface area contributed by atoms with Gasteiger partial charge in [0.25, 0.3) is 0 Å². The number of thiocarbonyl (C=S) groups is 1. The van der Waals surface area contributed by atoms with Crippen molar-refractivity contribution in [1.82, 2.24) is 10.7 Å². The Hall–Kier alpha value is -2.54. The summed E-state index contributed by atoms with van der Waals surface area (Å²) in [5, 5.41) is 7.05.